The number of hydrogen-bond acceptors (Lipinski definition) is 5. The highest BCUT2D eigenvalue weighted by Gasteiger charge is 2.21. The molecule has 0 spiro atoms. The number of benzene rings is 2. The average Bonchev–Trinajstić information content (AvgIpc) is 3.18. The van der Waals surface area contributed by atoms with Gasteiger partial charge in [-0.05, 0) is 55.3 Å². The van der Waals surface area contributed by atoms with Crippen molar-refractivity contribution in [2.45, 2.75) is 13.8 Å². The molecule has 31 heavy (non-hydrogen) atoms. The number of rotatable bonds is 5. The number of piperazine rings is 1. The molecule has 0 aliphatic carbocycles. The molecule has 0 N–H and O–H groups in total. The summed E-state index contributed by atoms with van der Waals surface area (Å²) in [5.74, 6) is 1.57. The summed E-state index contributed by atoms with van der Waals surface area (Å²) < 4.78 is 16.4. The van der Waals surface area contributed by atoms with E-state index in [2.05, 4.69) is 17.0 Å². The van der Waals surface area contributed by atoms with Crippen molar-refractivity contribution < 1.29 is 18.7 Å². The number of nitrogens with zero attached hydrogens (tertiary/aromatic N) is 2. The van der Waals surface area contributed by atoms with Gasteiger partial charge in [0.05, 0.1) is 20.5 Å². The standard InChI is InChI=1S/C25H28N2O4/c1-17(21-14-22-18(2)16-31-24(22)15-23(21)30-4)13-25(28)27-11-9-26(10-12-27)19-5-7-20(29-3)8-6-19/h5-8,13-16H,9-12H2,1-4H3/b17-13+. The van der Waals surface area contributed by atoms with E-state index < -0.39 is 0 Å². The minimum absolute atomic E-state index is 0.0259. The smallest absolute Gasteiger partial charge is 0.246 e. The minimum atomic E-state index is 0.0259. The molecule has 0 unspecified atom stereocenters. The van der Waals surface area contributed by atoms with E-state index in [1.807, 2.05) is 43.0 Å². The summed E-state index contributed by atoms with van der Waals surface area (Å²) in [6.07, 6.45) is 3.45. The first kappa shape index (κ1) is 20.8. The number of carbonyl (C=O) groups is 1. The van der Waals surface area contributed by atoms with Gasteiger partial charge in [0.1, 0.15) is 17.1 Å². The Labute approximate surface area is 182 Å². The van der Waals surface area contributed by atoms with Crippen LogP contribution in [0.3, 0.4) is 0 Å². The lowest BCUT2D eigenvalue weighted by Gasteiger charge is -2.35. The van der Waals surface area contributed by atoms with Crippen molar-refractivity contribution in [3.8, 4) is 11.5 Å². The van der Waals surface area contributed by atoms with E-state index in [1.165, 1.54) is 0 Å². The maximum absolute atomic E-state index is 12.9. The SMILES string of the molecule is COc1ccc(N2CCN(C(=O)/C=C(\C)c3cc4c(C)coc4cc3OC)CC2)cc1. The topological polar surface area (TPSA) is 55.2 Å². The first-order valence-electron chi connectivity index (χ1n) is 10.4. The molecule has 1 fully saturated rings. The molecule has 6 heteroatoms. The van der Waals surface area contributed by atoms with Crippen LogP contribution in [0.5, 0.6) is 11.5 Å². The monoisotopic (exact) mass is 420 g/mol. The molecule has 1 amide bonds. The van der Waals surface area contributed by atoms with Crippen LogP contribution in [0.25, 0.3) is 16.5 Å². The highest BCUT2D eigenvalue weighted by Crippen LogP contribution is 2.33. The number of carbonyl (C=O) groups excluding carboxylic acids is 1. The van der Waals surface area contributed by atoms with Gasteiger partial charge in [-0.15, -0.1) is 0 Å². The molecule has 1 aliphatic heterocycles. The third kappa shape index (κ3) is 4.24. The Balaban J connectivity index is 1.46. The Kier molecular flexibility index (Phi) is 5.89. The lowest BCUT2D eigenvalue weighted by atomic mass is 10.0. The lowest BCUT2D eigenvalue weighted by molar-refractivity contribution is -0.126. The molecule has 0 radical (unpaired) electrons. The molecule has 1 aliphatic rings. The fourth-order valence-electron chi connectivity index (χ4n) is 3.99. The molecule has 162 valence electrons. The minimum Gasteiger partial charge on any atom is -0.497 e. The van der Waals surface area contributed by atoms with Crippen molar-refractivity contribution in [2.75, 3.05) is 45.3 Å². The van der Waals surface area contributed by atoms with Gasteiger partial charge in [-0.3, -0.25) is 4.79 Å². The normalized spacial score (nSPS) is 14.8. The van der Waals surface area contributed by atoms with Gasteiger partial charge in [-0.2, -0.15) is 0 Å². The molecule has 2 aromatic carbocycles. The van der Waals surface area contributed by atoms with Crippen molar-refractivity contribution in [1.82, 2.24) is 4.90 Å². The molecule has 0 bridgehead atoms. The molecule has 0 saturated carbocycles. The second-order valence-corrected chi connectivity index (χ2v) is 7.81. The van der Waals surface area contributed by atoms with Gasteiger partial charge in [-0.25, -0.2) is 0 Å². The van der Waals surface area contributed by atoms with Crippen LogP contribution in [0.2, 0.25) is 0 Å². The van der Waals surface area contributed by atoms with Gasteiger partial charge in [0.25, 0.3) is 0 Å². The summed E-state index contributed by atoms with van der Waals surface area (Å²) in [6.45, 7) is 6.93. The fraction of sp³-hybridized carbons (Fsp3) is 0.320. The molecule has 4 rings (SSSR count). The van der Waals surface area contributed by atoms with Crippen LogP contribution in [-0.4, -0.2) is 51.2 Å². The zero-order chi connectivity index (χ0) is 22.0. The van der Waals surface area contributed by atoms with Crippen molar-refractivity contribution in [1.29, 1.82) is 0 Å². The molecule has 2 heterocycles. The molecule has 0 atom stereocenters. The van der Waals surface area contributed by atoms with Gasteiger partial charge < -0.3 is 23.7 Å². The summed E-state index contributed by atoms with van der Waals surface area (Å²) in [5, 5.41) is 1.03. The summed E-state index contributed by atoms with van der Waals surface area (Å²) >= 11 is 0. The first-order valence-corrected chi connectivity index (χ1v) is 10.4. The second-order valence-electron chi connectivity index (χ2n) is 7.81. The van der Waals surface area contributed by atoms with E-state index in [1.54, 1.807) is 26.6 Å². The zero-order valence-corrected chi connectivity index (χ0v) is 18.5. The largest absolute Gasteiger partial charge is 0.497 e. The van der Waals surface area contributed by atoms with Crippen LogP contribution in [0.1, 0.15) is 18.1 Å². The van der Waals surface area contributed by atoms with E-state index in [4.69, 9.17) is 13.9 Å². The van der Waals surface area contributed by atoms with Gasteiger partial charge in [0.15, 0.2) is 0 Å². The molecule has 1 saturated heterocycles. The predicted octanol–water partition coefficient (Wildman–Crippen LogP) is 4.51. The van der Waals surface area contributed by atoms with E-state index in [9.17, 15) is 4.79 Å². The third-order valence-electron chi connectivity index (χ3n) is 5.88. The Morgan fingerprint density at radius 1 is 1.03 bits per heavy atom. The third-order valence-corrected chi connectivity index (χ3v) is 5.88. The van der Waals surface area contributed by atoms with E-state index in [0.29, 0.717) is 18.8 Å². The number of allylic oxidation sites excluding steroid dienone is 1. The van der Waals surface area contributed by atoms with Gasteiger partial charge in [0.2, 0.25) is 5.91 Å². The van der Waals surface area contributed by atoms with Crippen molar-refractivity contribution >= 4 is 28.1 Å². The van der Waals surface area contributed by atoms with Crippen LogP contribution in [0.4, 0.5) is 5.69 Å². The number of ether oxygens (including phenoxy) is 2. The molecule has 1 aromatic heterocycles. The number of amides is 1. The van der Waals surface area contributed by atoms with E-state index in [-0.39, 0.29) is 5.91 Å². The summed E-state index contributed by atoms with van der Waals surface area (Å²) in [7, 11) is 3.30. The predicted molar refractivity (Wildman–Crippen MR) is 123 cm³/mol. The maximum atomic E-state index is 12.9. The number of aryl methyl sites for hydroxylation is 1. The Bertz CT molecular complexity index is 1110. The van der Waals surface area contributed by atoms with Crippen molar-refractivity contribution in [3.63, 3.8) is 0 Å². The van der Waals surface area contributed by atoms with E-state index >= 15 is 0 Å². The second kappa shape index (κ2) is 8.76. The van der Waals surface area contributed by atoms with Crippen LogP contribution in [0, 0.1) is 6.92 Å². The van der Waals surface area contributed by atoms with Crippen LogP contribution >= 0.6 is 0 Å². The number of anilines is 1. The number of fused-ring (bicyclic) bond motifs is 1. The van der Waals surface area contributed by atoms with Crippen LogP contribution in [-0.2, 0) is 4.79 Å². The summed E-state index contributed by atoms with van der Waals surface area (Å²) in [6, 6.07) is 12.0. The lowest BCUT2D eigenvalue weighted by Crippen LogP contribution is -2.48. The van der Waals surface area contributed by atoms with Crippen molar-refractivity contribution in [2.24, 2.45) is 0 Å². The molecular formula is C25H28N2O4. The van der Waals surface area contributed by atoms with Gasteiger partial charge in [-0.1, -0.05) is 0 Å². The first-order chi connectivity index (χ1) is 15.0. The van der Waals surface area contributed by atoms with Crippen LogP contribution < -0.4 is 14.4 Å². The molecule has 6 nitrogen and oxygen atoms in total. The molecular weight excluding hydrogens is 392 g/mol. The Morgan fingerprint density at radius 3 is 2.39 bits per heavy atom. The fourth-order valence-corrected chi connectivity index (χ4v) is 3.99. The number of methoxy groups -OCH3 is 2. The Morgan fingerprint density at radius 2 is 1.74 bits per heavy atom. The van der Waals surface area contributed by atoms with Crippen LogP contribution in [0.15, 0.2) is 53.2 Å². The Hall–Kier alpha value is -3.41. The van der Waals surface area contributed by atoms with Gasteiger partial charge in [0, 0.05) is 55.0 Å². The highest BCUT2D eigenvalue weighted by atomic mass is 16.5. The zero-order valence-electron chi connectivity index (χ0n) is 18.5. The maximum Gasteiger partial charge on any atom is 0.246 e. The number of hydrogen-bond donors (Lipinski definition) is 0. The van der Waals surface area contributed by atoms with Gasteiger partial charge >= 0.3 is 0 Å². The average molecular weight is 421 g/mol. The number of furan rings is 1. The van der Waals surface area contributed by atoms with E-state index in [0.717, 1.165) is 52.2 Å². The summed E-state index contributed by atoms with van der Waals surface area (Å²) in [4.78, 5) is 17.1. The quantitative estimate of drug-likeness (QED) is 0.569. The molecule has 3 aromatic rings. The highest BCUT2D eigenvalue weighted by molar-refractivity contribution is 5.97. The summed E-state index contributed by atoms with van der Waals surface area (Å²) in [5.41, 5.74) is 4.78. The van der Waals surface area contributed by atoms with Crippen molar-refractivity contribution in [3.05, 3.63) is 59.9 Å².